The molecule has 96 valence electrons. The van der Waals surface area contributed by atoms with Crippen LogP contribution in [0.25, 0.3) is 0 Å². The van der Waals surface area contributed by atoms with Crippen molar-refractivity contribution in [2.45, 2.75) is 26.4 Å². The molecule has 1 unspecified atom stereocenters. The van der Waals surface area contributed by atoms with Crippen molar-refractivity contribution in [1.82, 2.24) is 0 Å². The molecule has 1 atom stereocenters. The van der Waals surface area contributed by atoms with Crippen LogP contribution in [0.2, 0.25) is 0 Å². The fourth-order valence-corrected chi connectivity index (χ4v) is 1.38. The molecule has 1 aromatic rings. The van der Waals surface area contributed by atoms with Gasteiger partial charge in [-0.05, 0) is 32.0 Å². The molecule has 0 fully saturated rings. The molecule has 5 heteroatoms. The predicted octanol–water partition coefficient (Wildman–Crippen LogP) is 3.01. The van der Waals surface area contributed by atoms with Crippen LogP contribution in [0, 0.1) is 0 Å². The highest BCUT2D eigenvalue weighted by molar-refractivity contribution is 5.48. The van der Waals surface area contributed by atoms with E-state index >= 15 is 0 Å². The topological polar surface area (TPSA) is 44.5 Å². The van der Waals surface area contributed by atoms with Crippen molar-refractivity contribution in [3.8, 4) is 5.75 Å². The quantitative estimate of drug-likeness (QED) is 0.783. The Hall–Kier alpha value is -1.36. The predicted molar refractivity (Wildman–Crippen MR) is 62.4 cm³/mol. The van der Waals surface area contributed by atoms with Crippen LogP contribution in [0.15, 0.2) is 18.2 Å². The maximum absolute atomic E-state index is 12.7. The second-order valence-electron chi connectivity index (χ2n) is 3.69. The van der Waals surface area contributed by atoms with Crippen molar-refractivity contribution in [2.24, 2.45) is 0 Å². The molecule has 3 nitrogen and oxygen atoms in total. The molecule has 0 amide bonds. The molecule has 0 bridgehead atoms. The second-order valence-corrected chi connectivity index (χ2v) is 3.69. The monoisotopic (exact) mass is 245 g/mol. The molecule has 0 heterocycles. The van der Waals surface area contributed by atoms with Crippen LogP contribution < -0.4 is 10.5 Å². The summed E-state index contributed by atoms with van der Waals surface area (Å²) in [6.45, 7) is 4.56. The smallest absolute Gasteiger partial charge is 0.267 e. The SMILES string of the molecule is CCOCC(C)Oc1ccc(N)cc1C(F)F. The number of ether oxygens (including phenoxy) is 2. The Morgan fingerprint density at radius 2 is 2.06 bits per heavy atom. The number of hydrogen-bond donors (Lipinski definition) is 1. The van der Waals surface area contributed by atoms with Gasteiger partial charge in [-0.1, -0.05) is 0 Å². The third-order valence-corrected chi connectivity index (χ3v) is 2.15. The lowest BCUT2D eigenvalue weighted by molar-refractivity contribution is 0.0620. The molecule has 1 aromatic carbocycles. The molecule has 17 heavy (non-hydrogen) atoms. The summed E-state index contributed by atoms with van der Waals surface area (Å²) in [7, 11) is 0. The molecule has 1 rings (SSSR count). The van der Waals surface area contributed by atoms with Crippen LogP contribution in [0.1, 0.15) is 25.8 Å². The Morgan fingerprint density at radius 3 is 2.65 bits per heavy atom. The minimum Gasteiger partial charge on any atom is -0.488 e. The van der Waals surface area contributed by atoms with Gasteiger partial charge in [-0.15, -0.1) is 0 Å². The highest BCUT2D eigenvalue weighted by Gasteiger charge is 2.16. The van der Waals surface area contributed by atoms with Gasteiger partial charge in [0, 0.05) is 12.3 Å². The summed E-state index contributed by atoms with van der Waals surface area (Å²) in [5.74, 6) is 0.154. The van der Waals surface area contributed by atoms with E-state index in [0.29, 0.717) is 18.9 Å². The standard InChI is InChI=1S/C12H17F2NO2/c1-3-16-7-8(2)17-11-5-4-9(15)6-10(11)12(13)14/h4-6,8,12H,3,7,15H2,1-2H3. The van der Waals surface area contributed by atoms with Crippen LogP contribution >= 0.6 is 0 Å². The average Bonchev–Trinajstić information content (AvgIpc) is 2.28. The van der Waals surface area contributed by atoms with Gasteiger partial charge in [-0.2, -0.15) is 0 Å². The number of halogens is 2. The molecule has 2 N–H and O–H groups in total. The summed E-state index contributed by atoms with van der Waals surface area (Å²) >= 11 is 0. The fraction of sp³-hybridized carbons (Fsp3) is 0.500. The third kappa shape index (κ3) is 4.19. The number of nitrogens with two attached hydrogens (primary N) is 1. The van der Waals surface area contributed by atoms with Crippen molar-refractivity contribution in [3.63, 3.8) is 0 Å². The molecular weight excluding hydrogens is 228 g/mol. The van der Waals surface area contributed by atoms with Gasteiger partial charge in [-0.3, -0.25) is 0 Å². The maximum atomic E-state index is 12.7. The first-order valence-electron chi connectivity index (χ1n) is 5.46. The van der Waals surface area contributed by atoms with E-state index in [2.05, 4.69) is 0 Å². The average molecular weight is 245 g/mol. The summed E-state index contributed by atoms with van der Waals surface area (Å²) in [5.41, 5.74) is 5.57. The third-order valence-electron chi connectivity index (χ3n) is 2.15. The largest absolute Gasteiger partial charge is 0.488 e. The van der Waals surface area contributed by atoms with Crippen molar-refractivity contribution < 1.29 is 18.3 Å². The Morgan fingerprint density at radius 1 is 1.35 bits per heavy atom. The number of hydrogen-bond acceptors (Lipinski definition) is 3. The number of alkyl halides is 2. The number of nitrogen functional groups attached to an aromatic ring is 1. The summed E-state index contributed by atoms with van der Waals surface area (Å²) in [6, 6.07) is 4.22. The number of benzene rings is 1. The van der Waals surface area contributed by atoms with Gasteiger partial charge in [0.2, 0.25) is 0 Å². The second kappa shape index (κ2) is 6.39. The molecule has 0 radical (unpaired) electrons. The summed E-state index contributed by atoms with van der Waals surface area (Å²) in [4.78, 5) is 0. The van der Waals surface area contributed by atoms with E-state index in [1.807, 2.05) is 6.92 Å². The van der Waals surface area contributed by atoms with E-state index in [1.165, 1.54) is 18.2 Å². The number of rotatable bonds is 6. The minimum atomic E-state index is -2.60. The van der Waals surface area contributed by atoms with Crippen molar-refractivity contribution in [3.05, 3.63) is 23.8 Å². The van der Waals surface area contributed by atoms with Crippen LogP contribution in [0.5, 0.6) is 5.75 Å². The molecule has 0 aliphatic rings. The van der Waals surface area contributed by atoms with Gasteiger partial charge in [0.25, 0.3) is 6.43 Å². The molecule has 0 saturated heterocycles. The van der Waals surface area contributed by atoms with Gasteiger partial charge in [0.15, 0.2) is 0 Å². The van der Waals surface area contributed by atoms with Gasteiger partial charge in [-0.25, -0.2) is 8.78 Å². The zero-order chi connectivity index (χ0) is 12.8. The Balaban J connectivity index is 2.76. The zero-order valence-electron chi connectivity index (χ0n) is 9.95. The number of anilines is 1. The van der Waals surface area contributed by atoms with E-state index in [4.69, 9.17) is 15.2 Å². The zero-order valence-corrected chi connectivity index (χ0v) is 9.95. The van der Waals surface area contributed by atoms with E-state index in [0.717, 1.165) is 0 Å². The lowest BCUT2D eigenvalue weighted by Crippen LogP contribution is -2.19. The molecule has 0 saturated carbocycles. The lowest BCUT2D eigenvalue weighted by atomic mass is 10.2. The van der Waals surface area contributed by atoms with Gasteiger partial charge in [0.1, 0.15) is 11.9 Å². The fourth-order valence-electron chi connectivity index (χ4n) is 1.38. The van der Waals surface area contributed by atoms with Gasteiger partial charge < -0.3 is 15.2 Å². The molecule has 0 aliphatic heterocycles. The van der Waals surface area contributed by atoms with Crippen molar-refractivity contribution in [2.75, 3.05) is 18.9 Å². The van der Waals surface area contributed by atoms with E-state index in [-0.39, 0.29) is 17.4 Å². The van der Waals surface area contributed by atoms with E-state index in [9.17, 15) is 8.78 Å². The van der Waals surface area contributed by atoms with Gasteiger partial charge >= 0.3 is 0 Å². The Labute approximate surface area is 99.5 Å². The Bertz CT molecular complexity index is 358. The lowest BCUT2D eigenvalue weighted by Gasteiger charge is -2.17. The first-order chi connectivity index (χ1) is 8.04. The van der Waals surface area contributed by atoms with Crippen molar-refractivity contribution >= 4 is 5.69 Å². The van der Waals surface area contributed by atoms with Crippen LogP contribution in [-0.2, 0) is 4.74 Å². The van der Waals surface area contributed by atoms with Crippen LogP contribution in [0.4, 0.5) is 14.5 Å². The van der Waals surface area contributed by atoms with Crippen LogP contribution in [-0.4, -0.2) is 19.3 Å². The van der Waals surface area contributed by atoms with Crippen LogP contribution in [0.3, 0.4) is 0 Å². The summed E-state index contributed by atoms with van der Waals surface area (Å²) < 4.78 is 36.0. The molecule has 0 spiro atoms. The highest BCUT2D eigenvalue weighted by Crippen LogP contribution is 2.31. The van der Waals surface area contributed by atoms with Crippen molar-refractivity contribution in [1.29, 1.82) is 0 Å². The molecule has 0 aliphatic carbocycles. The molecular formula is C12H17F2NO2. The maximum Gasteiger partial charge on any atom is 0.267 e. The summed E-state index contributed by atoms with van der Waals surface area (Å²) in [6.07, 6.45) is -2.89. The van der Waals surface area contributed by atoms with E-state index in [1.54, 1.807) is 6.92 Å². The highest BCUT2D eigenvalue weighted by atomic mass is 19.3. The van der Waals surface area contributed by atoms with E-state index < -0.39 is 6.43 Å². The first-order valence-corrected chi connectivity index (χ1v) is 5.46. The Kier molecular flexibility index (Phi) is 5.15. The first kappa shape index (κ1) is 13.7. The normalized spacial score (nSPS) is 12.8. The van der Waals surface area contributed by atoms with Gasteiger partial charge in [0.05, 0.1) is 12.2 Å². The molecule has 0 aromatic heterocycles. The minimum absolute atomic E-state index is 0.154. The summed E-state index contributed by atoms with van der Waals surface area (Å²) in [5, 5.41) is 0.